The van der Waals surface area contributed by atoms with E-state index >= 15 is 0 Å². The van der Waals surface area contributed by atoms with Crippen molar-refractivity contribution in [2.45, 2.75) is 40.0 Å². The first kappa shape index (κ1) is 36.3. The normalized spacial score (nSPS) is 11.9. The molecule has 3 heteroatoms. The summed E-state index contributed by atoms with van der Waals surface area (Å²) in [6.07, 6.45) is 12.9. The SMILES string of the molecule is C/C=C/c1cc(N(c2ccccc2)c2ccc3ccccc3c2)c(/C=C/c2cncc(C)c2C(C)(C)C)cc1N(c1ccccc1)c1ccc2ccccc2c1. The molecule has 0 unspecified atom stereocenters. The number of para-hydroxylation sites is 2. The third-order valence-electron chi connectivity index (χ3n) is 10.4. The third-order valence-corrected chi connectivity index (χ3v) is 10.4. The first-order chi connectivity index (χ1) is 27.3. The molecule has 0 atom stereocenters. The van der Waals surface area contributed by atoms with Crippen LogP contribution in [-0.4, -0.2) is 4.98 Å². The number of aryl methyl sites for hydroxylation is 1. The number of allylic oxidation sites excluding steroid dienone is 1. The second-order valence-electron chi connectivity index (χ2n) is 15.4. The number of pyridine rings is 1. The molecule has 1 heterocycles. The van der Waals surface area contributed by atoms with Crippen molar-refractivity contribution in [1.82, 2.24) is 4.98 Å². The molecule has 0 saturated carbocycles. The Morgan fingerprint density at radius 1 is 0.446 bits per heavy atom. The molecule has 0 aliphatic heterocycles. The van der Waals surface area contributed by atoms with Gasteiger partial charge in [-0.1, -0.05) is 142 Å². The molecule has 3 nitrogen and oxygen atoms in total. The summed E-state index contributed by atoms with van der Waals surface area (Å²) in [4.78, 5) is 9.44. The maximum Gasteiger partial charge on any atom is 0.0541 e. The van der Waals surface area contributed by atoms with Gasteiger partial charge in [0.1, 0.15) is 0 Å². The summed E-state index contributed by atoms with van der Waals surface area (Å²) in [7, 11) is 0. The van der Waals surface area contributed by atoms with Crippen LogP contribution < -0.4 is 9.80 Å². The predicted molar refractivity (Wildman–Crippen MR) is 242 cm³/mol. The molecule has 0 aliphatic carbocycles. The molecule has 7 aromatic carbocycles. The van der Waals surface area contributed by atoms with Crippen molar-refractivity contribution in [2.24, 2.45) is 0 Å². The molecule has 0 saturated heterocycles. The van der Waals surface area contributed by atoms with Gasteiger partial charge in [-0.25, -0.2) is 0 Å². The molecule has 0 N–H and O–H groups in total. The maximum atomic E-state index is 4.66. The van der Waals surface area contributed by atoms with E-state index in [1.807, 2.05) is 12.4 Å². The molecule has 8 rings (SSSR count). The zero-order valence-corrected chi connectivity index (χ0v) is 32.8. The summed E-state index contributed by atoms with van der Waals surface area (Å²) in [5.74, 6) is 0. The first-order valence-corrected chi connectivity index (χ1v) is 19.4. The fraction of sp³-hybridized carbons (Fsp3) is 0.113. The summed E-state index contributed by atoms with van der Waals surface area (Å²) >= 11 is 0. The van der Waals surface area contributed by atoms with Crippen molar-refractivity contribution >= 4 is 73.9 Å². The van der Waals surface area contributed by atoms with Crippen molar-refractivity contribution in [3.63, 3.8) is 0 Å². The van der Waals surface area contributed by atoms with E-state index in [0.29, 0.717) is 0 Å². The Bertz CT molecular complexity index is 2700. The van der Waals surface area contributed by atoms with Crippen LogP contribution in [0.5, 0.6) is 0 Å². The lowest BCUT2D eigenvalue weighted by Gasteiger charge is -2.32. The van der Waals surface area contributed by atoms with Crippen LogP contribution >= 0.6 is 0 Å². The van der Waals surface area contributed by atoms with Gasteiger partial charge >= 0.3 is 0 Å². The van der Waals surface area contributed by atoms with Gasteiger partial charge in [0.05, 0.1) is 11.4 Å². The Balaban J connectivity index is 1.43. The van der Waals surface area contributed by atoms with Gasteiger partial charge in [-0.05, 0) is 118 Å². The Morgan fingerprint density at radius 3 is 1.38 bits per heavy atom. The largest absolute Gasteiger partial charge is 0.310 e. The molecule has 0 spiro atoms. The van der Waals surface area contributed by atoms with Gasteiger partial charge in [0.15, 0.2) is 0 Å². The second-order valence-corrected chi connectivity index (χ2v) is 15.4. The lowest BCUT2D eigenvalue weighted by Crippen LogP contribution is -2.16. The standard InChI is InChI=1S/C53H47N3/c1-6-17-43-34-51(56(47-24-11-8-12-25-47)49-31-29-40-19-14-16-21-42(40)33-49)44(26-27-45-37-54-36-38(2)52(45)53(3,4)5)35-50(43)55(46-22-9-7-10-23-46)48-30-28-39-18-13-15-20-41(39)32-48/h6-37H,1-5H3/b17-6+,27-26+. The Morgan fingerprint density at radius 2 is 0.893 bits per heavy atom. The van der Waals surface area contributed by atoms with E-state index in [-0.39, 0.29) is 5.41 Å². The van der Waals surface area contributed by atoms with Gasteiger partial charge in [-0.15, -0.1) is 0 Å². The number of nitrogens with zero attached hydrogens (tertiary/aromatic N) is 3. The van der Waals surface area contributed by atoms with Crippen LogP contribution in [0.25, 0.3) is 39.8 Å². The highest BCUT2D eigenvalue weighted by Gasteiger charge is 2.23. The highest BCUT2D eigenvalue weighted by Crippen LogP contribution is 2.45. The number of aromatic nitrogens is 1. The minimum Gasteiger partial charge on any atom is -0.310 e. The molecule has 274 valence electrons. The summed E-state index contributed by atoms with van der Waals surface area (Å²) in [5.41, 5.74) is 12.2. The lowest BCUT2D eigenvalue weighted by molar-refractivity contribution is 0.583. The maximum absolute atomic E-state index is 4.66. The minimum absolute atomic E-state index is 0.0577. The Kier molecular flexibility index (Phi) is 10.1. The van der Waals surface area contributed by atoms with Gasteiger partial charge in [0, 0.05) is 46.3 Å². The van der Waals surface area contributed by atoms with E-state index in [1.54, 1.807) is 0 Å². The van der Waals surface area contributed by atoms with Gasteiger partial charge in [-0.3, -0.25) is 4.98 Å². The van der Waals surface area contributed by atoms with Crippen molar-refractivity contribution in [2.75, 3.05) is 9.80 Å². The molecule has 0 bridgehead atoms. The molecular weight excluding hydrogens is 679 g/mol. The number of benzene rings is 7. The second kappa shape index (κ2) is 15.6. The lowest BCUT2D eigenvalue weighted by atomic mass is 9.82. The van der Waals surface area contributed by atoms with E-state index in [1.165, 1.54) is 32.7 Å². The molecular formula is C53H47N3. The average Bonchev–Trinajstić information content (AvgIpc) is 3.21. The number of hydrogen-bond donors (Lipinski definition) is 0. The average molecular weight is 726 g/mol. The smallest absolute Gasteiger partial charge is 0.0541 e. The Hall–Kier alpha value is -6.71. The number of fused-ring (bicyclic) bond motifs is 2. The quantitative estimate of drug-likeness (QED) is 0.148. The molecule has 8 aromatic rings. The van der Waals surface area contributed by atoms with E-state index < -0.39 is 0 Å². The molecule has 56 heavy (non-hydrogen) atoms. The zero-order valence-electron chi connectivity index (χ0n) is 32.8. The van der Waals surface area contributed by atoms with E-state index in [0.717, 1.165) is 50.8 Å². The van der Waals surface area contributed by atoms with Crippen molar-refractivity contribution < 1.29 is 0 Å². The highest BCUT2D eigenvalue weighted by atomic mass is 15.2. The van der Waals surface area contributed by atoms with Crippen LogP contribution in [0.2, 0.25) is 0 Å². The fourth-order valence-corrected chi connectivity index (χ4v) is 8.00. The molecule has 0 fully saturated rings. The summed E-state index contributed by atoms with van der Waals surface area (Å²) < 4.78 is 0. The van der Waals surface area contributed by atoms with Gasteiger partial charge in [-0.2, -0.15) is 0 Å². The predicted octanol–water partition coefficient (Wildman–Crippen LogP) is 15.1. The van der Waals surface area contributed by atoms with Crippen LogP contribution in [-0.2, 0) is 5.41 Å². The van der Waals surface area contributed by atoms with E-state index in [9.17, 15) is 0 Å². The first-order valence-electron chi connectivity index (χ1n) is 19.4. The van der Waals surface area contributed by atoms with Crippen molar-refractivity contribution in [3.8, 4) is 0 Å². The molecule has 0 radical (unpaired) electrons. The van der Waals surface area contributed by atoms with Crippen LogP contribution in [0.1, 0.15) is 55.5 Å². The fourth-order valence-electron chi connectivity index (χ4n) is 8.00. The monoisotopic (exact) mass is 725 g/mol. The van der Waals surface area contributed by atoms with Gasteiger partial charge in [0.25, 0.3) is 0 Å². The number of rotatable bonds is 9. The van der Waals surface area contributed by atoms with Gasteiger partial charge in [0.2, 0.25) is 0 Å². The molecule has 1 aromatic heterocycles. The topological polar surface area (TPSA) is 19.4 Å². The van der Waals surface area contributed by atoms with Crippen LogP contribution in [0, 0.1) is 6.92 Å². The summed E-state index contributed by atoms with van der Waals surface area (Å²) in [6.45, 7) is 11.1. The summed E-state index contributed by atoms with van der Waals surface area (Å²) in [6, 6.07) is 56.8. The van der Waals surface area contributed by atoms with Gasteiger partial charge < -0.3 is 9.80 Å². The van der Waals surface area contributed by atoms with Crippen molar-refractivity contribution in [3.05, 3.63) is 204 Å². The van der Waals surface area contributed by atoms with E-state index in [2.05, 4.69) is 231 Å². The highest BCUT2D eigenvalue weighted by molar-refractivity contribution is 5.96. The van der Waals surface area contributed by atoms with Crippen LogP contribution in [0.15, 0.2) is 176 Å². The Labute approximate surface area is 331 Å². The third kappa shape index (κ3) is 7.37. The summed E-state index contributed by atoms with van der Waals surface area (Å²) in [5, 5.41) is 4.82. The van der Waals surface area contributed by atoms with E-state index in [4.69, 9.17) is 0 Å². The number of anilines is 6. The van der Waals surface area contributed by atoms with Crippen LogP contribution in [0.3, 0.4) is 0 Å². The minimum atomic E-state index is -0.0577. The molecule has 0 amide bonds. The molecule has 0 aliphatic rings. The zero-order chi connectivity index (χ0) is 38.6. The number of hydrogen-bond acceptors (Lipinski definition) is 3. The van der Waals surface area contributed by atoms with Crippen molar-refractivity contribution in [1.29, 1.82) is 0 Å². The van der Waals surface area contributed by atoms with Crippen LogP contribution in [0.4, 0.5) is 34.1 Å².